The van der Waals surface area contributed by atoms with Gasteiger partial charge in [0.25, 0.3) is 0 Å². The first-order valence-corrected chi connectivity index (χ1v) is 7.16. The minimum Gasteiger partial charge on any atom is -0.476 e. The molecule has 106 valence electrons. The van der Waals surface area contributed by atoms with E-state index < -0.39 is 5.97 Å². The zero-order valence-electron chi connectivity index (χ0n) is 11.5. The molecular weight excluding hydrogens is 254 g/mol. The number of anilines is 1. The number of aromatic carboxylic acids is 1. The van der Waals surface area contributed by atoms with Crippen molar-refractivity contribution in [2.45, 2.75) is 38.6 Å². The third-order valence-corrected chi connectivity index (χ3v) is 3.88. The van der Waals surface area contributed by atoms with Crippen LogP contribution >= 0.6 is 0 Å². The molecule has 2 heterocycles. The van der Waals surface area contributed by atoms with Gasteiger partial charge in [0.1, 0.15) is 5.65 Å². The number of aromatic nitrogens is 2. The molecule has 0 aromatic carbocycles. The summed E-state index contributed by atoms with van der Waals surface area (Å²) in [5.74, 6) is 0.335. The molecule has 0 amide bonds. The summed E-state index contributed by atoms with van der Waals surface area (Å²) in [5.41, 5.74) is 0.878. The summed E-state index contributed by atoms with van der Waals surface area (Å²) >= 11 is 0. The molecule has 5 nitrogen and oxygen atoms in total. The summed E-state index contributed by atoms with van der Waals surface area (Å²) in [6.07, 6.45) is 6.41. The number of nitrogens with zero attached hydrogens (tertiary/aromatic N) is 2. The number of carbonyl (C=O) groups is 1. The molecule has 3 rings (SSSR count). The van der Waals surface area contributed by atoms with Crippen molar-refractivity contribution in [3.63, 3.8) is 0 Å². The first-order valence-electron chi connectivity index (χ1n) is 7.16. The van der Waals surface area contributed by atoms with Crippen LogP contribution in [0.3, 0.4) is 0 Å². The largest absolute Gasteiger partial charge is 0.476 e. The molecule has 0 spiro atoms. The van der Waals surface area contributed by atoms with Crippen molar-refractivity contribution in [1.82, 2.24) is 9.38 Å². The highest BCUT2D eigenvalue weighted by molar-refractivity contribution is 5.93. The van der Waals surface area contributed by atoms with Crippen molar-refractivity contribution in [3.05, 3.63) is 30.1 Å². The summed E-state index contributed by atoms with van der Waals surface area (Å²) in [6, 6.07) is 5.79. The maximum atomic E-state index is 11.5. The van der Waals surface area contributed by atoms with E-state index in [0.717, 1.165) is 18.8 Å². The van der Waals surface area contributed by atoms with Crippen molar-refractivity contribution in [2.24, 2.45) is 5.92 Å². The van der Waals surface area contributed by atoms with Crippen molar-refractivity contribution >= 4 is 17.4 Å². The Bertz CT molecular complexity index is 631. The number of nitrogens with one attached hydrogen (secondary N) is 1. The van der Waals surface area contributed by atoms with E-state index in [2.05, 4.69) is 17.2 Å². The Morgan fingerprint density at radius 1 is 1.55 bits per heavy atom. The number of rotatable bonds is 6. The molecule has 0 radical (unpaired) electrons. The molecule has 0 bridgehead atoms. The first-order chi connectivity index (χ1) is 9.69. The van der Waals surface area contributed by atoms with Gasteiger partial charge in [0, 0.05) is 12.2 Å². The predicted octanol–water partition coefficient (Wildman–Crippen LogP) is 3.02. The second-order valence-corrected chi connectivity index (χ2v) is 5.47. The van der Waals surface area contributed by atoms with E-state index >= 15 is 0 Å². The van der Waals surface area contributed by atoms with E-state index in [1.165, 1.54) is 12.8 Å². The molecule has 2 aromatic rings. The van der Waals surface area contributed by atoms with Crippen molar-refractivity contribution < 1.29 is 9.90 Å². The van der Waals surface area contributed by atoms with E-state index in [1.807, 2.05) is 18.2 Å². The Labute approximate surface area is 117 Å². The van der Waals surface area contributed by atoms with Crippen LogP contribution in [-0.2, 0) is 0 Å². The van der Waals surface area contributed by atoms with Gasteiger partial charge in [0.15, 0.2) is 11.5 Å². The van der Waals surface area contributed by atoms with Crippen LogP contribution in [0.25, 0.3) is 5.65 Å². The Morgan fingerprint density at radius 3 is 3.00 bits per heavy atom. The highest BCUT2D eigenvalue weighted by Crippen LogP contribution is 2.35. The summed E-state index contributed by atoms with van der Waals surface area (Å²) in [6.45, 7) is 2.12. The van der Waals surface area contributed by atoms with Crippen LogP contribution in [0.5, 0.6) is 0 Å². The van der Waals surface area contributed by atoms with Crippen LogP contribution in [0.4, 0.5) is 5.82 Å². The van der Waals surface area contributed by atoms with Crippen LogP contribution in [-0.4, -0.2) is 26.5 Å². The van der Waals surface area contributed by atoms with Gasteiger partial charge in [-0.2, -0.15) is 0 Å². The van der Waals surface area contributed by atoms with Crippen molar-refractivity contribution in [2.75, 3.05) is 5.32 Å². The maximum absolute atomic E-state index is 11.5. The van der Waals surface area contributed by atoms with E-state index in [4.69, 9.17) is 0 Å². The molecule has 1 aliphatic carbocycles. The molecule has 1 atom stereocenters. The number of carboxylic acids is 1. The van der Waals surface area contributed by atoms with Gasteiger partial charge in [-0.05, 0) is 30.9 Å². The van der Waals surface area contributed by atoms with E-state index in [-0.39, 0.29) is 5.69 Å². The van der Waals surface area contributed by atoms with Crippen molar-refractivity contribution in [3.8, 4) is 0 Å². The molecule has 1 saturated carbocycles. The van der Waals surface area contributed by atoms with E-state index in [1.54, 1.807) is 10.6 Å². The molecule has 0 saturated heterocycles. The topological polar surface area (TPSA) is 66.6 Å². The fraction of sp³-hybridized carbons (Fsp3) is 0.467. The smallest absolute Gasteiger partial charge is 0.356 e. The first kappa shape index (κ1) is 13.0. The minimum atomic E-state index is -0.951. The van der Waals surface area contributed by atoms with Gasteiger partial charge in [0.05, 0.1) is 0 Å². The lowest BCUT2D eigenvalue weighted by Gasteiger charge is -2.16. The number of pyridine rings is 1. The normalized spacial score (nSPS) is 16.2. The SMILES string of the molecule is CCC(CC1CC1)Nc1nc2ccccn2c1C(=O)O. The highest BCUT2D eigenvalue weighted by Gasteiger charge is 2.26. The monoisotopic (exact) mass is 273 g/mol. The summed E-state index contributed by atoms with van der Waals surface area (Å²) < 4.78 is 1.62. The van der Waals surface area contributed by atoms with Crippen molar-refractivity contribution in [1.29, 1.82) is 0 Å². The summed E-state index contributed by atoms with van der Waals surface area (Å²) in [7, 11) is 0. The molecule has 20 heavy (non-hydrogen) atoms. The Balaban J connectivity index is 1.92. The van der Waals surface area contributed by atoms with Gasteiger partial charge in [-0.1, -0.05) is 25.8 Å². The summed E-state index contributed by atoms with van der Waals surface area (Å²) in [5, 5.41) is 12.8. The lowest BCUT2D eigenvalue weighted by molar-refractivity contribution is 0.0690. The lowest BCUT2D eigenvalue weighted by atomic mass is 10.1. The van der Waals surface area contributed by atoms with Gasteiger partial charge in [-0.15, -0.1) is 0 Å². The average molecular weight is 273 g/mol. The fourth-order valence-corrected chi connectivity index (χ4v) is 2.58. The molecule has 2 N–H and O–H groups in total. The standard InChI is InChI=1S/C15H19N3O2/c1-2-11(9-10-6-7-10)16-14-13(15(19)20)18-8-4-3-5-12(18)17-14/h3-5,8,10-11,16H,2,6-7,9H2,1H3,(H,19,20). The Kier molecular flexibility index (Phi) is 3.34. The number of carboxylic acid groups (broad SMARTS) is 1. The van der Waals surface area contributed by atoms with Gasteiger partial charge in [-0.25, -0.2) is 9.78 Å². The molecule has 2 aromatic heterocycles. The minimum absolute atomic E-state index is 0.217. The number of hydrogen-bond donors (Lipinski definition) is 2. The molecule has 0 aliphatic heterocycles. The summed E-state index contributed by atoms with van der Waals surface area (Å²) in [4.78, 5) is 15.9. The molecule has 1 unspecified atom stereocenters. The van der Waals surface area contributed by atoms with Gasteiger partial charge in [-0.3, -0.25) is 4.40 Å². The number of imidazole rings is 1. The van der Waals surface area contributed by atoms with E-state index in [0.29, 0.717) is 17.5 Å². The van der Waals surface area contributed by atoms with Gasteiger partial charge >= 0.3 is 5.97 Å². The fourth-order valence-electron chi connectivity index (χ4n) is 2.58. The predicted molar refractivity (Wildman–Crippen MR) is 77.2 cm³/mol. The molecule has 1 aliphatic rings. The Hall–Kier alpha value is -2.04. The molecule has 5 heteroatoms. The van der Waals surface area contributed by atoms with Crippen LogP contribution in [0.1, 0.15) is 43.1 Å². The second kappa shape index (κ2) is 5.15. The quantitative estimate of drug-likeness (QED) is 0.849. The average Bonchev–Trinajstić information content (AvgIpc) is 3.16. The van der Waals surface area contributed by atoms with Gasteiger partial charge in [0.2, 0.25) is 0 Å². The van der Waals surface area contributed by atoms with Gasteiger partial charge < -0.3 is 10.4 Å². The highest BCUT2D eigenvalue weighted by atomic mass is 16.4. The third-order valence-electron chi connectivity index (χ3n) is 3.88. The third kappa shape index (κ3) is 2.48. The van der Waals surface area contributed by atoms with E-state index in [9.17, 15) is 9.90 Å². The number of fused-ring (bicyclic) bond motifs is 1. The van der Waals surface area contributed by atoms with Crippen LogP contribution in [0.15, 0.2) is 24.4 Å². The molecular formula is C15H19N3O2. The van der Waals surface area contributed by atoms with Crippen LogP contribution in [0.2, 0.25) is 0 Å². The maximum Gasteiger partial charge on any atom is 0.356 e. The second-order valence-electron chi connectivity index (χ2n) is 5.47. The zero-order valence-corrected chi connectivity index (χ0v) is 11.5. The Morgan fingerprint density at radius 2 is 2.35 bits per heavy atom. The lowest BCUT2D eigenvalue weighted by Crippen LogP contribution is -2.21. The zero-order chi connectivity index (χ0) is 14.1. The molecule has 1 fully saturated rings. The van der Waals surface area contributed by atoms with Crippen LogP contribution < -0.4 is 5.32 Å². The number of hydrogen-bond acceptors (Lipinski definition) is 3. The van der Waals surface area contributed by atoms with Crippen LogP contribution in [0, 0.1) is 5.92 Å².